The van der Waals surface area contributed by atoms with Crippen LogP contribution in [0.15, 0.2) is 12.2 Å². The van der Waals surface area contributed by atoms with E-state index in [9.17, 15) is 0 Å². The normalized spacial score (nSPS) is 28.8. The maximum Gasteiger partial charge on any atom is -0.0198 e. The van der Waals surface area contributed by atoms with E-state index in [1.807, 2.05) is 0 Å². The molecule has 0 radical (unpaired) electrons. The molecule has 0 heterocycles. The Bertz CT molecular complexity index is 164. The monoisotopic (exact) mass is 150 g/mol. The van der Waals surface area contributed by atoms with Crippen molar-refractivity contribution in [2.24, 2.45) is 11.3 Å². The van der Waals surface area contributed by atoms with Crippen LogP contribution >= 0.6 is 0 Å². The largest absolute Gasteiger partial charge is 0.0999 e. The fourth-order valence-corrected chi connectivity index (χ4v) is 2.87. The molecule has 0 N–H and O–H groups in total. The minimum atomic E-state index is 0.809. The van der Waals surface area contributed by atoms with Crippen molar-refractivity contribution in [1.82, 2.24) is 0 Å². The summed E-state index contributed by atoms with van der Waals surface area (Å²) >= 11 is 0. The Balaban J connectivity index is 1.91. The smallest absolute Gasteiger partial charge is 0.0198 e. The van der Waals surface area contributed by atoms with Gasteiger partial charge in [0, 0.05) is 0 Å². The van der Waals surface area contributed by atoms with Gasteiger partial charge in [-0.05, 0) is 43.9 Å². The maximum absolute atomic E-state index is 4.03. The van der Waals surface area contributed by atoms with Crippen LogP contribution in [0.3, 0.4) is 0 Å². The highest BCUT2D eigenvalue weighted by atomic mass is 14.5. The van der Waals surface area contributed by atoms with Gasteiger partial charge in [-0.1, -0.05) is 25.0 Å². The average Bonchev–Trinajstić information content (AvgIpc) is 2.29. The van der Waals surface area contributed by atoms with Gasteiger partial charge in [-0.15, -0.1) is 0 Å². The molecule has 2 aliphatic rings. The molecule has 0 bridgehead atoms. The van der Waals surface area contributed by atoms with Gasteiger partial charge in [0.05, 0.1) is 0 Å². The highest BCUT2D eigenvalue weighted by Gasteiger charge is 2.45. The minimum Gasteiger partial charge on any atom is -0.0999 e. The maximum atomic E-state index is 4.03. The Morgan fingerprint density at radius 1 is 1.27 bits per heavy atom. The summed E-state index contributed by atoms with van der Waals surface area (Å²) < 4.78 is 0. The fraction of sp³-hybridized carbons (Fsp3) is 0.818. The Kier molecular flexibility index (Phi) is 1.59. The second-order valence-electron chi connectivity index (χ2n) is 4.66. The van der Waals surface area contributed by atoms with Gasteiger partial charge >= 0.3 is 0 Å². The molecule has 0 nitrogen and oxygen atoms in total. The Labute approximate surface area is 69.7 Å². The topological polar surface area (TPSA) is 0 Å². The SMILES string of the molecule is C=C(C)C1CC2(CCCC2)C1. The van der Waals surface area contributed by atoms with E-state index in [1.165, 1.54) is 44.1 Å². The van der Waals surface area contributed by atoms with Gasteiger partial charge in [0.15, 0.2) is 0 Å². The van der Waals surface area contributed by atoms with E-state index in [0.29, 0.717) is 0 Å². The molecule has 0 aliphatic heterocycles. The molecular formula is C11H18. The predicted octanol–water partition coefficient (Wildman–Crippen LogP) is 3.53. The summed E-state index contributed by atoms with van der Waals surface area (Å²) in [5.74, 6) is 0.882. The third kappa shape index (κ3) is 1.13. The molecule has 2 saturated carbocycles. The summed E-state index contributed by atoms with van der Waals surface area (Å²) in [6, 6.07) is 0. The third-order valence-electron chi connectivity index (χ3n) is 3.72. The van der Waals surface area contributed by atoms with E-state index in [4.69, 9.17) is 0 Å². The summed E-state index contributed by atoms with van der Waals surface area (Å²) in [5.41, 5.74) is 2.23. The van der Waals surface area contributed by atoms with Crippen LogP contribution in [-0.2, 0) is 0 Å². The van der Waals surface area contributed by atoms with Crippen LogP contribution < -0.4 is 0 Å². The molecule has 2 rings (SSSR count). The molecule has 0 aromatic carbocycles. The molecule has 11 heavy (non-hydrogen) atoms. The summed E-state index contributed by atoms with van der Waals surface area (Å²) in [6.07, 6.45) is 8.92. The molecule has 62 valence electrons. The van der Waals surface area contributed by atoms with Crippen LogP contribution in [0, 0.1) is 11.3 Å². The lowest BCUT2D eigenvalue weighted by Gasteiger charge is -2.46. The van der Waals surface area contributed by atoms with Crippen LogP contribution in [0.5, 0.6) is 0 Å². The summed E-state index contributed by atoms with van der Waals surface area (Å²) in [6.45, 7) is 6.22. The second-order valence-corrected chi connectivity index (χ2v) is 4.66. The van der Waals surface area contributed by atoms with Gasteiger partial charge in [0.2, 0.25) is 0 Å². The molecule has 0 saturated heterocycles. The summed E-state index contributed by atoms with van der Waals surface area (Å²) in [7, 11) is 0. The van der Waals surface area contributed by atoms with E-state index in [1.54, 1.807) is 0 Å². The quantitative estimate of drug-likeness (QED) is 0.502. The van der Waals surface area contributed by atoms with E-state index >= 15 is 0 Å². The molecule has 0 unspecified atom stereocenters. The van der Waals surface area contributed by atoms with Crippen molar-refractivity contribution in [3.8, 4) is 0 Å². The Morgan fingerprint density at radius 2 is 1.82 bits per heavy atom. The van der Waals surface area contributed by atoms with Crippen LogP contribution in [0.25, 0.3) is 0 Å². The highest BCUT2D eigenvalue weighted by molar-refractivity contribution is 5.09. The lowest BCUT2D eigenvalue weighted by molar-refractivity contribution is 0.0853. The number of rotatable bonds is 1. The first kappa shape index (κ1) is 7.39. The van der Waals surface area contributed by atoms with E-state index in [2.05, 4.69) is 13.5 Å². The van der Waals surface area contributed by atoms with Crippen LogP contribution in [-0.4, -0.2) is 0 Å². The first-order valence-electron chi connectivity index (χ1n) is 4.87. The van der Waals surface area contributed by atoms with Crippen LogP contribution in [0.4, 0.5) is 0 Å². The number of allylic oxidation sites excluding steroid dienone is 1. The number of hydrogen-bond donors (Lipinski definition) is 0. The average molecular weight is 150 g/mol. The van der Waals surface area contributed by atoms with Crippen molar-refractivity contribution in [2.75, 3.05) is 0 Å². The first-order chi connectivity index (χ1) is 5.22. The van der Waals surface area contributed by atoms with E-state index in [-0.39, 0.29) is 0 Å². The van der Waals surface area contributed by atoms with Crippen LogP contribution in [0.2, 0.25) is 0 Å². The zero-order chi connectivity index (χ0) is 7.90. The van der Waals surface area contributed by atoms with Gasteiger partial charge in [-0.3, -0.25) is 0 Å². The minimum absolute atomic E-state index is 0.809. The van der Waals surface area contributed by atoms with Gasteiger partial charge in [-0.25, -0.2) is 0 Å². The lowest BCUT2D eigenvalue weighted by Crippen LogP contribution is -2.34. The first-order valence-corrected chi connectivity index (χ1v) is 4.87. The van der Waals surface area contributed by atoms with Crippen molar-refractivity contribution in [3.63, 3.8) is 0 Å². The molecule has 0 amide bonds. The molecule has 1 spiro atoms. The van der Waals surface area contributed by atoms with Crippen molar-refractivity contribution in [3.05, 3.63) is 12.2 Å². The van der Waals surface area contributed by atoms with Crippen molar-refractivity contribution in [1.29, 1.82) is 0 Å². The zero-order valence-electron chi connectivity index (χ0n) is 7.53. The van der Waals surface area contributed by atoms with Crippen molar-refractivity contribution < 1.29 is 0 Å². The van der Waals surface area contributed by atoms with Gasteiger partial charge in [0.25, 0.3) is 0 Å². The molecular weight excluding hydrogens is 132 g/mol. The third-order valence-corrected chi connectivity index (χ3v) is 3.72. The summed E-state index contributed by atoms with van der Waals surface area (Å²) in [5, 5.41) is 0. The standard InChI is InChI=1S/C11H18/c1-9(2)10-7-11(8-10)5-3-4-6-11/h10H,1,3-8H2,2H3. The van der Waals surface area contributed by atoms with E-state index < -0.39 is 0 Å². The van der Waals surface area contributed by atoms with Crippen molar-refractivity contribution >= 4 is 0 Å². The fourth-order valence-electron chi connectivity index (χ4n) is 2.87. The Hall–Kier alpha value is -0.260. The molecule has 0 aromatic heterocycles. The van der Waals surface area contributed by atoms with Crippen molar-refractivity contribution in [2.45, 2.75) is 45.4 Å². The number of hydrogen-bond acceptors (Lipinski definition) is 0. The van der Waals surface area contributed by atoms with E-state index in [0.717, 1.165) is 11.3 Å². The second kappa shape index (κ2) is 2.36. The predicted molar refractivity (Wildman–Crippen MR) is 48.4 cm³/mol. The molecule has 2 fully saturated rings. The van der Waals surface area contributed by atoms with Crippen LogP contribution in [0.1, 0.15) is 45.4 Å². The Morgan fingerprint density at radius 3 is 2.27 bits per heavy atom. The molecule has 0 aromatic rings. The lowest BCUT2D eigenvalue weighted by atomic mass is 9.59. The highest BCUT2D eigenvalue weighted by Crippen LogP contribution is 2.57. The van der Waals surface area contributed by atoms with Gasteiger partial charge in [-0.2, -0.15) is 0 Å². The summed E-state index contributed by atoms with van der Waals surface area (Å²) in [4.78, 5) is 0. The molecule has 2 aliphatic carbocycles. The zero-order valence-corrected chi connectivity index (χ0v) is 7.53. The molecule has 0 atom stereocenters. The van der Waals surface area contributed by atoms with Gasteiger partial charge in [0.1, 0.15) is 0 Å². The van der Waals surface area contributed by atoms with Gasteiger partial charge < -0.3 is 0 Å². The molecule has 0 heteroatoms.